The number of hydrogen-bond donors (Lipinski definition) is 3. The lowest BCUT2D eigenvalue weighted by atomic mass is 10.0. The van der Waals surface area contributed by atoms with E-state index < -0.39 is 0 Å². The fourth-order valence-electron chi connectivity index (χ4n) is 2.27. The van der Waals surface area contributed by atoms with Gasteiger partial charge < -0.3 is 21.0 Å². The van der Waals surface area contributed by atoms with Gasteiger partial charge >= 0.3 is 0 Å². The average Bonchev–Trinajstić information content (AvgIpc) is 3.08. The summed E-state index contributed by atoms with van der Waals surface area (Å²) >= 11 is 0. The Hall–Kier alpha value is -0.810. The van der Waals surface area contributed by atoms with Gasteiger partial charge in [-0.25, -0.2) is 0 Å². The molecule has 4 N–H and O–H groups in total. The second kappa shape index (κ2) is 5.01. The van der Waals surface area contributed by atoms with Crippen molar-refractivity contribution in [3.8, 4) is 0 Å². The van der Waals surface area contributed by atoms with Crippen LogP contribution in [0.1, 0.15) is 32.1 Å². The van der Waals surface area contributed by atoms with Crippen LogP contribution in [0.25, 0.3) is 0 Å². The molecule has 0 atom stereocenters. The van der Waals surface area contributed by atoms with Crippen LogP contribution >= 0.6 is 0 Å². The van der Waals surface area contributed by atoms with Gasteiger partial charge in [-0.3, -0.25) is 0 Å². The monoisotopic (exact) mass is 227 g/mol. The summed E-state index contributed by atoms with van der Waals surface area (Å²) in [7, 11) is 0. The van der Waals surface area contributed by atoms with Crippen LogP contribution < -0.4 is 11.1 Å². The summed E-state index contributed by atoms with van der Waals surface area (Å²) in [6, 6.07) is 0.582. The number of nitrogens with two attached hydrogens (primary N) is 1. The number of ether oxygens (including phenoxy) is 1. The largest absolute Gasteiger partial charge is 0.409 e. The minimum atomic E-state index is 0.259. The van der Waals surface area contributed by atoms with Crippen LogP contribution in [-0.4, -0.2) is 36.8 Å². The van der Waals surface area contributed by atoms with E-state index in [0.717, 1.165) is 32.6 Å². The third-order valence-corrected chi connectivity index (χ3v) is 3.63. The number of hydrogen-bond acceptors (Lipinski definition) is 4. The first-order valence-electron chi connectivity index (χ1n) is 6.02. The van der Waals surface area contributed by atoms with Crippen molar-refractivity contribution in [1.82, 2.24) is 5.32 Å². The Balaban J connectivity index is 1.72. The molecule has 0 bridgehead atoms. The zero-order chi connectivity index (χ0) is 11.4. The Labute approximate surface area is 96.0 Å². The van der Waals surface area contributed by atoms with Gasteiger partial charge in [0.1, 0.15) is 5.84 Å². The second-order valence-corrected chi connectivity index (χ2v) is 5.04. The minimum Gasteiger partial charge on any atom is -0.409 e. The Morgan fingerprint density at radius 1 is 1.44 bits per heavy atom. The minimum absolute atomic E-state index is 0.259. The van der Waals surface area contributed by atoms with Gasteiger partial charge in [0, 0.05) is 32.2 Å². The van der Waals surface area contributed by atoms with Crippen LogP contribution in [0.4, 0.5) is 0 Å². The first kappa shape index (κ1) is 11.7. The van der Waals surface area contributed by atoms with Gasteiger partial charge in [-0.1, -0.05) is 5.16 Å². The van der Waals surface area contributed by atoms with Gasteiger partial charge in [-0.05, 0) is 31.1 Å². The van der Waals surface area contributed by atoms with Crippen molar-refractivity contribution in [2.75, 3.05) is 19.8 Å². The maximum Gasteiger partial charge on any atom is 0.139 e. The Morgan fingerprint density at radius 3 is 2.69 bits per heavy atom. The van der Waals surface area contributed by atoms with E-state index in [9.17, 15) is 0 Å². The van der Waals surface area contributed by atoms with Gasteiger partial charge in [0.05, 0.1) is 0 Å². The van der Waals surface area contributed by atoms with E-state index in [-0.39, 0.29) is 5.41 Å². The second-order valence-electron chi connectivity index (χ2n) is 5.04. The van der Waals surface area contributed by atoms with Crippen molar-refractivity contribution in [3.05, 3.63) is 0 Å². The molecule has 1 aliphatic heterocycles. The van der Waals surface area contributed by atoms with Crippen LogP contribution in [0, 0.1) is 5.41 Å². The molecule has 1 saturated carbocycles. The van der Waals surface area contributed by atoms with Crippen molar-refractivity contribution in [2.24, 2.45) is 16.3 Å². The molecule has 1 aliphatic carbocycles. The highest BCUT2D eigenvalue weighted by atomic mass is 16.5. The quantitative estimate of drug-likeness (QED) is 0.279. The van der Waals surface area contributed by atoms with E-state index in [1.165, 1.54) is 12.8 Å². The topological polar surface area (TPSA) is 79.9 Å². The van der Waals surface area contributed by atoms with Gasteiger partial charge in [0.25, 0.3) is 0 Å². The Kier molecular flexibility index (Phi) is 3.66. The standard InChI is InChI=1S/C11H21N3O2/c12-10(14-15)7-11(3-4-11)8-13-9-1-5-16-6-2-9/h9,13,15H,1-8H2,(H2,12,14). The Bertz CT molecular complexity index is 258. The molecule has 1 heterocycles. The molecule has 0 spiro atoms. The van der Waals surface area contributed by atoms with Crippen LogP contribution in [0.2, 0.25) is 0 Å². The maximum absolute atomic E-state index is 8.57. The third kappa shape index (κ3) is 3.09. The first-order chi connectivity index (χ1) is 7.74. The predicted molar refractivity (Wildman–Crippen MR) is 61.5 cm³/mol. The summed E-state index contributed by atoms with van der Waals surface area (Å²) in [5, 5.41) is 15.2. The zero-order valence-corrected chi connectivity index (χ0v) is 9.61. The highest BCUT2D eigenvalue weighted by Gasteiger charge is 2.43. The van der Waals surface area contributed by atoms with E-state index in [0.29, 0.717) is 18.3 Å². The molecule has 2 rings (SSSR count). The molecular formula is C11H21N3O2. The third-order valence-electron chi connectivity index (χ3n) is 3.63. The summed E-state index contributed by atoms with van der Waals surface area (Å²) in [6.45, 7) is 2.71. The first-order valence-corrected chi connectivity index (χ1v) is 6.02. The maximum atomic E-state index is 8.57. The molecule has 0 aromatic heterocycles. The molecule has 2 aliphatic rings. The average molecular weight is 227 g/mol. The molecule has 2 fully saturated rings. The predicted octanol–water partition coefficient (Wildman–Crippen LogP) is 0.672. The SMILES string of the molecule is NC(CC1(CNC2CCOCC2)CC1)=NO. The number of nitrogens with one attached hydrogen (secondary N) is 1. The molecule has 5 nitrogen and oxygen atoms in total. The summed E-state index contributed by atoms with van der Waals surface area (Å²) in [6.07, 6.45) is 5.26. The van der Waals surface area contributed by atoms with E-state index in [1.807, 2.05) is 0 Å². The van der Waals surface area contributed by atoms with E-state index in [2.05, 4.69) is 10.5 Å². The molecule has 0 aromatic carbocycles. The fourth-order valence-corrected chi connectivity index (χ4v) is 2.27. The van der Waals surface area contributed by atoms with E-state index >= 15 is 0 Å². The fraction of sp³-hybridized carbons (Fsp3) is 0.909. The lowest BCUT2D eigenvalue weighted by Gasteiger charge is -2.25. The summed E-state index contributed by atoms with van der Waals surface area (Å²) in [5.41, 5.74) is 5.82. The Morgan fingerprint density at radius 2 is 2.12 bits per heavy atom. The van der Waals surface area contributed by atoms with Crippen molar-refractivity contribution < 1.29 is 9.94 Å². The molecule has 5 heteroatoms. The van der Waals surface area contributed by atoms with Crippen molar-refractivity contribution >= 4 is 5.84 Å². The summed E-state index contributed by atoms with van der Waals surface area (Å²) < 4.78 is 5.32. The molecule has 16 heavy (non-hydrogen) atoms. The summed E-state index contributed by atoms with van der Waals surface area (Å²) in [5.74, 6) is 0.353. The number of rotatable bonds is 5. The van der Waals surface area contributed by atoms with Crippen molar-refractivity contribution in [1.29, 1.82) is 0 Å². The normalized spacial score (nSPS) is 25.6. The van der Waals surface area contributed by atoms with Crippen molar-refractivity contribution in [3.63, 3.8) is 0 Å². The molecule has 0 unspecified atom stereocenters. The number of amidine groups is 1. The lowest BCUT2D eigenvalue weighted by Crippen LogP contribution is -2.39. The molecule has 1 saturated heterocycles. The van der Waals surface area contributed by atoms with E-state index in [4.69, 9.17) is 15.7 Å². The molecule has 0 amide bonds. The van der Waals surface area contributed by atoms with Gasteiger partial charge in [-0.15, -0.1) is 0 Å². The number of oxime groups is 1. The number of nitrogens with zero attached hydrogens (tertiary/aromatic N) is 1. The molecule has 92 valence electrons. The van der Waals surface area contributed by atoms with Gasteiger partial charge in [0.2, 0.25) is 0 Å². The molecule has 0 radical (unpaired) electrons. The highest BCUT2D eigenvalue weighted by molar-refractivity contribution is 5.80. The van der Waals surface area contributed by atoms with Gasteiger partial charge in [0.15, 0.2) is 0 Å². The van der Waals surface area contributed by atoms with Crippen LogP contribution in [-0.2, 0) is 4.74 Å². The summed E-state index contributed by atoms with van der Waals surface area (Å²) in [4.78, 5) is 0. The van der Waals surface area contributed by atoms with E-state index in [1.54, 1.807) is 0 Å². The van der Waals surface area contributed by atoms with Crippen LogP contribution in [0.5, 0.6) is 0 Å². The van der Waals surface area contributed by atoms with Crippen LogP contribution in [0.3, 0.4) is 0 Å². The lowest BCUT2D eigenvalue weighted by molar-refractivity contribution is 0.0766. The van der Waals surface area contributed by atoms with Crippen LogP contribution in [0.15, 0.2) is 5.16 Å². The zero-order valence-electron chi connectivity index (χ0n) is 9.61. The van der Waals surface area contributed by atoms with Crippen molar-refractivity contribution in [2.45, 2.75) is 38.1 Å². The molecule has 0 aromatic rings. The smallest absolute Gasteiger partial charge is 0.139 e. The molecular weight excluding hydrogens is 206 g/mol. The van der Waals surface area contributed by atoms with Gasteiger partial charge in [-0.2, -0.15) is 0 Å². The highest BCUT2D eigenvalue weighted by Crippen LogP contribution is 2.48.